The number of carbonyl (C=O) groups is 2. The van der Waals surface area contributed by atoms with Crippen molar-refractivity contribution in [2.45, 2.75) is 39.0 Å². The van der Waals surface area contributed by atoms with Gasteiger partial charge >= 0.3 is 0 Å². The number of hydrogen-bond acceptors (Lipinski definition) is 5. The molecule has 2 heterocycles. The summed E-state index contributed by atoms with van der Waals surface area (Å²) in [4.78, 5) is 25.8. The highest BCUT2D eigenvalue weighted by Gasteiger charge is 2.34. The van der Waals surface area contributed by atoms with Gasteiger partial charge in [-0.25, -0.2) is 0 Å². The molecule has 6 nitrogen and oxygen atoms in total. The number of aromatic nitrogens is 2. The summed E-state index contributed by atoms with van der Waals surface area (Å²) >= 11 is 7.50. The zero-order chi connectivity index (χ0) is 18.0. The van der Waals surface area contributed by atoms with Gasteiger partial charge in [0.1, 0.15) is 5.01 Å². The Hall–Kier alpha value is -1.99. The number of amides is 2. The lowest BCUT2D eigenvalue weighted by Crippen LogP contribution is -2.24. The molecule has 2 aromatic rings. The van der Waals surface area contributed by atoms with Crippen LogP contribution in [0.25, 0.3) is 0 Å². The average Bonchev–Trinajstić information content (AvgIpc) is 3.17. The Morgan fingerprint density at radius 2 is 2.24 bits per heavy atom. The summed E-state index contributed by atoms with van der Waals surface area (Å²) in [5, 5.41) is 12.8. The third-order valence-electron chi connectivity index (χ3n) is 4.11. The van der Waals surface area contributed by atoms with Crippen LogP contribution in [0.2, 0.25) is 5.02 Å². The molecule has 1 unspecified atom stereocenters. The molecule has 3 rings (SSSR count). The minimum absolute atomic E-state index is 0.0260. The van der Waals surface area contributed by atoms with Crippen LogP contribution >= 0.6 is 22.9 Å². The van der Waals surface area contributed by atoms with Gasteiger partial charge in [-0.3, -0.25) is 9.59 Å². The van der Waals surface area contributed by atoms with Crippen molar-refractivity contribution in [1.29, 1.82) is 0 Å². The zero-order valence-electron chi connectivity index (χ0n) is 14.1. The Labute approximate surface area is 155 Å². The molecule has 1 aliphatic heterocycles. The molecule has 8 heteroatoms. The monoisotopic (exact) mass is 378 g/mol. The van der Waals surface area contributed by atoms with Crippen LogP contribution in [0.4, 0.5) is 10.8 Å². The van der Waals surface area contributed by atoms with E-state index < -0.39 is 0 Å². The Morgan fingerprint density at radius 1 is 1.44 bits per heavy atom. The molecule has 1 N–H and O–H groups in total. The van der Waals surface area contributed by atoms with Gasteiger partial charge in [-0.05, 0) is 31.0 Å². The second-order valence-electron chi connectivity index (χ2n) is 6.08. The van der Waals surface area contributed by atoms with Gasteiger partial charge < -0.3 is 10.2 Å². The Balaban J connectivity index is 1.71. The molecule has 1 aliphatic rings. The number of hydrogen-bond donors (Lipinski definition) is 1. The molecule has 0 bridgehead atoms. The summed E-state index contributed by atoms with van der Waals surface area (Å²) in [6.45, 7) is 4.41. The van der Waals surface area contributed by atoms with Crippen molar-refractivity contribution in [3.8, 4) is 0 Å². The van der Waals surface area contributed by atoms with Gasteiger partial charge in [0.25, 0.3) is 0 Å². The fraction of sp³-hybridized carbons (Fsp3) is 0.412. The SMILES string of the molecule is CCCC(=O)Nc1nnc(C2CC(=O)N(c3ccc(C)c(Cl)c3)C2)s1. The van der Waals surface area contributed by atoms with Crippen molar-refractivity contribution >= 4 is 45.6 Å². The van der Waals surface area contributed by atoms with Crippen LogP contribution in [0, 0.1) is 6.92 Å². The number of nitrogens with zero attached hydrogens (tertiary/aromatic N) is 3. The second kappa shape index (κ2) is 7.49. The van der Waals surface area contributed by atoms with Crippen molar-refractivity contribution in [2.75, 3.05) is 16.8 Å². The molecule has 25 heavy (non-hydrogen) atoms. The molecule has 1 aromatic carbocycles. The first-order chi connectivity index (χ1) is 12.0. The van der Waals surface area contributed by atoms with Gasteiger partial charge in [0.15, 0.2) is 0 Å². The molecular formula is C17H19ClN4O2S. The number of rotatable bonds is 5. The zero-order valence-corrected chi connectivity index (χ0v) is 15.7. The Kier molecular flexibility index (Phi) is 5.34. The summed E-state index contributed by atoms with van der Waals surface area (Å²) in [5.74, 6) is -0.0535. The molecule has 0 spiro atoms. The van der Waals surface area contributed by atoms with Crippen LogP contribution < -0.4 is 10.2 Å². The van der Waals surface area contributed by atoms with Crippen LogP contribution in [0.15, 0.2) is 18.2 Å². The van der Waals surface area contributed by atoms with E-state index in [0.29, 0.717) is 29.5 Å². The van der Waals surface area contributed by atoms with Gasteiger partial charge in [-0.15, -0.1) is 10.2 Å². The van der Waals surface area contributed by atoms with Gasteiger partial charge in [-0.1, -0.05) is 35.9 Å². The normalized spacial score (nSPS) is 17.2. The van der Waals surface area contributed by atoms with E-state index in [1.165, 1.54) is 11.3 Å². The minimum Gasteiger partial charge on any atom is -0.312 e. The molecule has 2 amide bonds. The van der Waals surface area contributed by atoms with Crippen molar-refractivity contribution < 1.29 is 9.59 Å². The van der Waals surface area contributed by atoms with Crippen molar-refractivity contribution in [1.82, 2.24) is 10.2 Å². The lowest BCUT2D eigenvalue weighted by Gasteiger charge is -2.17. The second-order valence-corrected chi connectivity index (χ2v) is 7.50. The molecule has 0 radical (unpaired) electrons. The number of nitrogens with one attached hydrogen (secondary N) is 1. The third-order valence-corrected chi connectivity index (χ3v) is 5.51. The van der Waals surface area contributed by atoms with E-state index in [2.05, 4.69) is 15.5 Å². The van der Waals surface area contributed by atoms with E-state index in [9.17, 15) is 9.59 Å². The topological polar surface area (TPSA) is 75.2 Å². The van der Waals surface area contributed by atoms with Crippen LogP contribution in [0.3, 0.4) is 0 Å². The molecule has 132 valence electrons. The van der Waals surface area contributed by atoms with Crippen LogP contribution in [0.5, 0.6) is 0 Å². The quantitative estimate of drug-likeness (QED) is 0.859. The molecule has 0 saturated carbocycles. The summed E-state index contributed by atoms with van der Waals surface area (Å²) in [5.41, 5.74) is 1.77. The predicted molar refractivity (Wildman–Crippen MR) is 99.3 cm³/mol. The maximum atomic E-state index is 12.4. The van der Waals surface area contributed by atoms with Crippen molar-refractivity contribution in [2.24, 2.45) is 0 Å². The molecule has 1 aromatic heterocycles. The van der Waals surface area contributed by atoms with Gasteiger partial charge in [0, 0.05) is 36.0 Å². The number of halogens is 1. The number of anilines is 2. The maximum absolute atomic E-state index is 12.4. The Bertz CT molecular complexity index is 808. The summed E-state index contributed by atoms with van der Waals surface area (Å²) in [6.07, 6.45) is 1.62. The highest BCUT2D eigenvalue weighted by molar-refractivity contribution is 7.15. The number of aryl methyl sites for hydroxylation is 1. The predicted octanol–water partition coefficient (Wildman–Crippen LogP) is 3.76. The summed E-state index contributed by atoms with van der Waals surface area (Å²) < 4.78 is 0. The van der Waals surface area contributed by atoms with E-state index in [1.54, 1.807) is 4.90 Å². The van der Waals surface area contributed by atoms with Crippen LogP contribution in [0.1, 0.15) is 42.7 Å². The Morgan fingerprint density at radius 3 is 2.96 bits per heavy atom. The van der Waals surface area contributed by atoms with Crippen LogP contribution in [-0.4, -0.2) is 28.6 Å². The molecule has 1 saturated heterocycles. The first-order valence-electron chi connectivity index (χ1n) is 8.17. The first-order valence-corrected chi connectivity index (χ1v) is 9.37. The van der Waals surface area contributed by atoms with Crippen LogP contribution in [-0.2, 0) is 9.59 Å². The molecular weight excluding hydrogens is 360 g/mol. The fourth-order valence-electron chi connectivity index (χ4n) is 2.73. The number of benzene rings is 1. The smallest absolute Gasteiger partial charge is 0.227 e. The van der Waals surface area contributed by atoms with Gasteiger partial charge in [0.05, 0.1) is 0 Å². The number of carbonyl (C=O) groups excluding carboxylic acids is 2. The van der Waals surface area contributed by atoms with E-state index in [4.69, 9.17) is 11.6 Å². The molecule has 1 fully saturated rings. The average molecular weight is 379 g/mol. The highest BCUT2D eigenvalue weighted by Crippen LogP contribution is 2.35. The molecule has 0 aliphatic carbocycles. The third kappa shape index (κ3) is 3.99. The highest BCUT2D eigenvalue weighted by atomic mass is 35.5. The lowest BCUT2D eigenvalue weighted by molar-refractivity contribution is -0.117. The first kappa shape index (κ1) is 17.8. The van der Waals surface area contributed by atoms with Crippen molar-refractivity contribution in [3.63, 3.8) is 0 Å². The standard InChI is InChI=1S/C17H19ClN4O2S/c1-3-4-14(23)19-17-21-20-16(25-17)11-7-15(24)22(9-11)12-6-5-10(2)13(18)8-12/h5-6,8,11H,3-4,7,9H2,1-2H3,(H,19,21,23). The lowest BCUT2D eigenvalue weighted by atomic mass is 10.1. The maximum Gasteiger partial charge on any atom is 0.227 e. The largest absolute Gasteiger partial charge is 0.312 e. The van der Waals surface area contributed by atoms with Gasteiger partial charge in [0.2, 0.25) is 16.9 Å². The van der Waals surface area contributed by atoms with E-state index >= 15 is 0 Å². The minimum atomic E-state index is -0.0661. The van der Waals surface area contributed by atoms with Gasteiger partial charge in [-0.2, -0.15) is 0 Å². The van der Waals surface area contributed by atoms with Crippen molar-refractivity contribution in [3.05, 3.63) is 33.8 Å². The fourth-order valence-corrected chi connectivity index (χ4v) is 3.76. The van der Waals surface area contributed by atoms with E-state index in [-0.39, 0.29) is 17.7 Å². The van der Waals surface area contributed by atoms with E-state index in [0.717, 1.165) is 22.7 Å². The summed E-state index contributed by atoms with van der Waals surface area (Å²) in [7, 11) is 0. The van der Waals surface area contributed by atoms with E-state index in [1.807, 2.05) is 32.0 Å². The summed E-state index contributed by atoms with van der Waals surface area (Å²) in [6, 6.07) is 5.62. The molecule has 1 atom stereocenters.